The second kappa shape index (κ2) is 14.0. The van der Waals surface area contributed by atoms with Crippen molar-refractivity contribution < 1.29 is 26.4 Å². The normalized spacial score (nSPS) is 13.8. The summed E-state index contributed by atoms with van der Waals surface area (Å²) in [6, 6.07) is 15.7. The van der Waals surface area contributed by atoms with E-state index in [1.165, 1.54) is 17.4 Å². The van der Waals surface area contributed by atoms with E-state index in [9.17, 15) is 26.4 Å². The lowest BCUT2D eigenvalue weighted by atomic mass is 10.1. The average Bonchev–Trinajstić information content (AvgIpc) is 3.55. The van der Waals surface area contributed by atoms with E-state index in [0.29, 0.717) is 60.8 Å². The Kier molecular flexibility index (Phi) is 9.75. The summed E-state index contributed by atoms with van der Waals surface area (Å²) in [6.07, 6.45) is -1.37. The highest BCUT2D eigenvalue weighted by molar-refractivity contribution is 7.92. The highest BCUT2D eigenvalue weighted by Gasteiger charge is 2.32. The number of benzene rings is 2. The van der Waals surface area contributed by atoms with Crippen LogP contribution in [0, 0.1) is 0 Å². The zero-order chi connectivity index (χ0) is 35.6. The van der Waals surface area contributed by atoms with E-state index in [2.05, 4.69) is 24.9 Å². The molecular formula is C34H33F3N8O3S2. The molecule has 1 aliphatic rings. The molecule has 0 unspecified atom stereocenters. The molecule has 1 fully saturated rings. The van der Waals surface area contributed by atoms with Gasteiger partial charge in [-0.15, -0.1) is 11.3 Å². The fourth-order valence-corrected chi connectivity index (χ4v) is 7.46. The molecule has 4 heterocycles. The van der Waals surface area contributed by atoms with Gasteiger partial charge in [-0.3, -0.25) is 9.52 Å². The van der Waals surface area contributed by atoms with Crippen LogP contribution in [0.15, 0.2) is 84.0 Å². The van der Waals surface area contributed by atoms with Gasteiger partial charge < -0.3 is 15.1 Å². The van der Waals surface area contributed by atoms with Gasteiger partial charge >= 0.3 is 6.18 Å². The molecule has 6 rings (SSSR count). The van der Waals surface area contributed by atoms with Crippen LogP contribution in [0.5, 0.6) is 0 Å². The Morgan fingerprint density at radius 3 is 2.36 bits per heavy atom. The van der Waals surface area contributed by atoms with Crippen LogP contribution in [0.3, 0.4) is 0 Å². The van der Waals surface area contributed by atoms with E-state index in [1.807, 2.05) is 30.9 Å². The Labute approximate surface area is 291 Å². The molecule has 11 nitrogen and oxygen atoms in total. The molecule has 16 heteroatoms. The first kappa shape index (κ1) is 34.8. The number of thiazole rings is 1. The fraction of sp³-hybridized carbons (Fsp3) is 0.265. The second-order valence-electron chi connectivity index (χ2n) is 11.9. The topological polar surface area (TPSA) is 133 Å². The molecule has 2 aromatic carbocycles. The van der Waals surface area contributed by atoms with E-state index >= 15 is 0 Å². The summed E-state index contributed by atoms with van der Waals surface area (Å²) < 4.78 is 68.4. The minimum absolute atomic E-state index is 0.0683. The van der Waals surface area contributed by atoms with Gasteiger partial charge in [-0.2, -0.15) is 13.2 Å². The summed E-state index contributed by atoms with van der Waals surface area (Å²) >= 11 is 1.45. The number of sulfonamides is 1. The van der Waals surface area contributed by atoms with Gasteiger partial charge in [0.1, 0.15) is 5.82 Å². The lowest BCUT2D eigenvalue weighted by molar-refractivity contribution is -0.137. The first-order valence-corrected chi connectivity index (χ1v) is 17.9. The first-order chi connectivity index (χ1) is 23.8. The number of amides is 1. The second-order valence-corrected chi connectivity index (χ2v) is 14.6. The summed E-state index contributed by atoms with van der Waals surface area (Å²) in [4.78, 5) is 34.4. The number of nitrogens with zero attached hydrogens (tertiary/aromatic N) is 6. The van der Waals surface area contributed by atoms with E-state index in [1.54, 1.807) is 43.6 Å². The molecule has 2 N–H and O–H groups in total. The molecule has 0 atom stereocenters. The highest BCUT2D eigenvalue weighted by Crippen LogP contribution is 2.39. The van der Waals surface area contributed by atoms with Crippen molar-refractivity contribution in [2.45, 2.75) is 37.8 Å². The van der Waals surface area contributed by atoms with Gasteiger partial charge in [-0.05, 0) is 48.5 Å². The Morgan fingerprint density at radius 1 is 0.920 bits per heavy atom. The van der Waals surface area contributed by atoms with Crippen LogP contribution < -0.4 is 14.9 Å². The summed E-state index contributed by atoms with van der Waals surface area (Å²) in [6.45, 7) is 8.29. The van der Waals surface area contributed by atoms with Crippen molar-refractivity contribution in [2.75, 3.05) is 41.1 Å². The van der Waals surface area contributed by atoms with Gasteiger partial charge in [-0.25, -0.2) is 28.4 Å². The monoisotopic (exact) mass is 722 g/mol. The van der Waals surface area contributed by atoms with E-state index in [0.717, 1.165) is 33.9 Å². The predicted molar refractivity (Wildman–Crippen MR) is 187 cm³/mol. The van der Waals surface area contributed by atoms with Crippen molar-refractivity contribution in [1.29, 1.82) is 0 Å². The number of alkyl halides is 3. The minimum Gasteiger partial charge on any atom is -0.353 e. The number of anilines is 4. The molecule has 260 valence electrons. The standard InChI is InChI=1S/C34H33F3N8O3S2/c1-21(2)32-42-30(23-6-4-8-25(18-23)43-50(47,48)27-9-5-7-24(19-27)34(35,36)37)31(49-32)28-12-13-38-33(41-28)40-26-10-11-29(39-20-26)45-16-14-44(15-17-45)22(3)46/h4-13,18-21,43H,14-17H2,1-3H3,(H,38,40,41). The Bertz CT molecular complexity index is 2110. The molecular weight excluding hydrogens is 690 g/mol. The molecule has 1 amide bonds. The molecule has 0 saturated carbocycles. The van der Waals surface area contributed by atoms with Gasteiger partial charge in [0.05, 0.1) is 43.6 Å². The zero-order valence-electron chi connectivity index (χ0n) is 27.3. The van der Waals surface area contributed by atoms with Crippen molar-refractivity contribution in [3.8, 4) is 21.8 Å². The van der Waals surface area contributed by atoms with Crippen molar-refractivity contribution in [3.05, 3.63) is 89.7 Å². The van der Waals surface area contributed by atoms with Gasteiger partial charge in [0.2, 0.25) is 11.9 Å². The van der Waals surface area contributed by atoms with Crippen LogP contribution in [-0.2, 0) is 21.0 Å². The maximum atomic E-state index is 13.3. The molecule has 0 spiro atoms. The SMILES string of the molecule is CC(=O)N1CCN(c2ccc(Nc3nccc(-c4sc(C(C)C)nc4-c4cccc(NS(=O)(=O)c5cccc(C(F)(F)F)c5)c4)n3)cn2)CC1. The van der Waals surface area contributed by atoms with Gasteiger partial charge in [0.25, 0.3) is 10.0 Å². The third-order valence-electron chi connectivity index (χ3n) is 7.94. The van der Waals surface area contributed by atoms with Gasteiger partial charge in [0.15, 0.2) is 0 Å². The number of carbonyl (C=O) groups excluding carboxylic acids is 1. The van der Waals surface area contributed by atoms with Crippen LogP contribution in [-0.4, -0.2) is 65.3 Å². The summed E-state index contributed by atoms with van der Waals surface area (Å²) in [5.74, 6) is 1.30. The summed E-state index contributed by atoms with van der Waals surface area (Å²) in [5, 5.41) is 4.03. The molecule has 0 aliphatic carbocycles. The number of piperazine rings is 1. The largest absolute Gasteiger partial charge is 0.416 e. The number of carbonyl (C=O) groups is 1. The molecule has 1 aliphatic heterocycles. The maximum absolute atomic E-state index is 13.3. The zero-order valence-corrected chi connectivity index (χ0v) is 28.9. The van der Waals surface area contributed by atoms with E-state index < -0.39 is 26.7 Å². The van der Waals surface area contributed by atoms with Gasteiger partial charge in [0, 0.05) is 56.5 Å². The lowest BCUT2D eigenvalue weighted by Crippen LogP contribution is -2.48. The number of halogens is 3. The quantitative estimate of drug-likeness (QED) is 0.165. The van der Waals surface area contributed by atoms with Crippen LogP contribution in [0.4, 0.5) is 36.3 Å². The molecule has 50 heavy (non-hydrogen) atoms. The van der Waals surface area contributed by atoms with Crippen molar-refractivity contribution >= 4 is 50.4 Å². The van der Waals surface area contributed by atoms with Crippen LogP contribution >= 0.6 is 11.3 Å². The lowest BCUT2D eigenvalue weighted by Gasteiger charge is -2.34. The fourth-order valence-electron chi connectivity index (χ4n) is 5.31. The summed E-state index contributed by atoms with van der Waals surface area (Å²) in [7, 11) is -4.33. The third kappa shape index (κ3) is 7.86. The third-order valence-corrected chi connectivity index (χ3v) is 10.7. The molecule has 0 radical (unpaired) electrons. The first-order valence-electron chi connectivity index (χ1n) is 15.6. The van der Waals surface area contributed by atoms with E-state index in [4.69, 9.17) is 9.97 Å². The predicted octanol–water partition coefficient (Wildman–Crippen LogP) is 7.02. The number of rotatable bonds is 9. The van der Waals surface area contributed by atoms with Gasteiger partial charge in [-0.1, -0.05) is 32.0 Å². The van der Waals surface area contributed by atoms with Crippen molar-refractivity contribution in [3.63, 3.8) is 0 Å². The van der Waals surface area contributed by atoms with Crippen molar-refractivity contribution in [1.82, 2.24) is 24.8 Å². The highest BCUT2D eigenvalue weighted by atomic mass is 32.2. The summed E-state index contributed by atoms with van der Waals surface area (Å²) in [5.41, 5.74) is 1.52. The maximum Gasteiger partial charge on any atom is 0.416 e. The smallest absolute Gasteiger partial charge is 0.353 e. The molecule has 1 saturated heterocycles. The Morgan fingerprint density at radius 2 is 1.68 bits per heavy atom. The molecule has 3 aromatic heterocycles. The number of hydrogen-bond acceptors (Lipinski definition) is 10. The molecule has 5 aromatic rings. The Balaban J connectivity index is 1.23. The number of pyridine rings is 1. The molecule has 0 bridgehead atoms. The van der Waals surface area contributed by atoms with Crippen LogP contribution in [0.2, 0.25) is 0 Å². The number of aromatic nitrogens is 4. The average molecular weight is 723 g/mol. The van der Waals surface area contributed by atoms with Crippen LogP contribution in [0.25, 0.3) is 21.8 Å². The van der Waals surface area contributed by atoms with Crippen molar-refractivity contribution in [2.24, 2.45) is 0 Å². The minimum atomic E-state index is -4.69. The van der Waals surface area contributed by atoms with E-state index in [-0.39, 0.29) is 17.5 Å². The number of hydrogen-bond donors (Lipinski definition) is 2. The Hall–Kier alpha value is -5.09. The number of nitrogens with one attached hydrogen (secondary N) is 2. The van der Waals surface area contributed by atoms with Crippen LogP contribution in [0.1, 0.15) is 37.3 Å².